The molecule has 6 heteroatoms. The molecule has 20 heavy (non-hydrogen) atoms. The van der Waals surface area contributed by atoms with Crippen molar-refractivity contribution in [2.24, 2.45) is 5.92 Å². The number of hydrogen-bond acceptors (Lipinski definition) is 5. The van der Waals surface area contributed by atoms with Crippen LogP contribution in [-0.4, -0.2) is 60.0 Å². The van der Waals surface area contributed by atoms with E-state index >= 15 is 0 Å². The minimum absolute atomic E-state index is 0.0398. The van der Waals surface area contributed by atoms with E-state index in [-0.39, 0.29) is 11.8 Å². The Balaban J connectivity index is 1.83. The minimum Gasteiger partial charge on any atom is -0.352 e. The van der Waals surface area contributed by atoms with Crippen molar-refractivity contribution in [3.63, 3.8) is 0 Å². The van der Waals surface area contributed by atoms with Gasteiger partial charge >= 0.3 is 0 Å². The molecule has 1 N–H and O–H groups in total. The maximum atomic E-state index is 12.3. The molecular weight excluding hydrogens is 254 g/mol. The molecule has 2 heterocycles. The van der Waals surface area contributed by atoms with Gasteiger partial charge in [-0.05, 0) is 6.54 Å². The largest absolute Gasteiger partial charge is 0.352 e. The molecule has 0 spiro atoms. The highest BCUT2D eigenvalue weighted by Gasteiger charge is 2.25. The van der Waals surface area contributed by atoms with Crippen LogP contribution >= 0.6 is 0 Å². The first kappa shape index (κ1) is 14.7. The predicted molar refractivity (Wildman–Crippen MR) is 78.5 cm³/mol. The van der Waals surface area contributed by atoms with E-state index in [9.17, 15) is 4.79 Å². The molecule has 1 unspecified atom stereocenters. The fourth-order valence-corrected chi connectivity index (χ4v) is 2.37. The Bertz CT molecular complexity index is 417. The Labute approximate surface area is 120 Å². The van der Waals surface area contributed by atoms with E-state index in [4.69, 9.17) is 0 Å². The summed E-state index contributed by atoms with van der Waals surface area (Å²) in [5, 5.41) is 3.23. The van der Waals surface area contributed by atoms with Gasteiger partial charge in [0.15, 0.2) is 0 Å². The highest BCUT2D eigenvalue weighted by atomic mass is 16.2. The lowest BCUT2D eigenvalue weighted by Crippen LogP contribution is -2.51. The maximum Gasteiger partial charge on any atom is 0.226 e. The van der Waals surface area contributed by atoms with Crippen molar-refractivity contribution in [1.29, 1.82) is 0 Å². The lowest BCUT2D eigenvalue weighted by molar-refractivity contribution is -0.135. The zero-order chi connectivity index (χ0) is 14.4. The molecule has 1 saturated heterocycles. The smallest absolute Gasteiger partial charge is 0.226 e. The minimum atomic E-state index is 0.0398. The van der Waals surface area contributed by atoms with E-state index in [1.54, 1.807) is 18.6 Å². The van der Waals surface area contributed by atoms with Gasteiger partial charge in [-0.2, -0.15) is 0 Å². The van der Waals surface area contributed by atoms with E-state index in [0.717, 1.165) is 45.1 Å². The third-order valence-electron chi connectivity index (χ3n) is 3.59. The van der Waals surface area contributed by atoms with Gasteiger partial charge in [-0.3, -0.25) is 9.78 Å². The van der Waals surface area contributed by atoms with Crippen LogP contribution in [0.4, 0.5) is 5.82 Å². The molecule has 0 aromatic carbocycles. The average Bonchev–Trinajstić information content (AvgIpc) is 2.53. The average molecular weight is 277 g/mol. The number of nitrogens with zero attached hydrogens (tertiary/aromatic N) is 4. The van der Waals surface area contributed by atoms with Gasteiger partial charge in [-0.1, -0.05) is 13.8 Å². The van der Waals surface area contributed by atoms with Crippen LogP contribution in [0.25, 0.3) is 0 Å². The second kappa shape index (κ2) is 7.19. The molecule has 2 rings (SSSR count). The van der Waals surface area contributed by atoms with Gasteiger partial charge in [0.05, 0.1) is 6.20 Å². The zero-order valence-electron chi connectivity index (χ0n) is 12.2. The number of hydrogen-bond donors (Lipinski definition) is 1. The number of carbonyl (C=O) groups excluding carboxylic acids is 1. The number of amides is 1. The van der Waals surface area contributed by atoms with Crippen molar-refractivity contribution >= 4 is 11.7 Å². The molecule has 0 aliphatic carbocycles. The van der Waals surface area contributed by atoms with Gasteiger partial charge in [-0.25, -0.2) is 4.98 Å². The summed E-state index contributed by atoms with van der Waals surface area (Å²) in [7, 11) is 0. The Morgan fingerprint density at radius 2 is 2.10 bits per heavy atom. The summed E-state index contributed by atoms with van der Waals surface area (Å²) < 4.78 is 0. The third kappa shape index (κ3) is 3.66. The van der Waals surface area contributed by atoms with Crippen molar-refractivity contribution in [2.75, 3.05) is 44.2 Å². The van der Waals surface area contributed by atoms with Gasteiger partial charge in [0.1, 0.15) is 5.82 Å². The monoisotopic (exact) mass is 277 g/mol. The van der Waals surface area contributed by atoms with Crippen molar-refractivity contribution in [2.45, 2.75) is 13.8 Å². The number of aromatic nitrogens is 2. The molecular formula is C14H23N5O. The van der Waals surface area contributed by atoms with Crippen molar-refractivity contribution in [3.05, 3.63) is 18.6 Å². The Morgan fingerprint density at radius 3 is 2.70 bits per heavy atom. The number of nitrogens with one attached hydrogen (secondary N) is 1. The summed E-state index contributed by atoms with van der Waals surface area (Å²) >= 11 is 0. The SMILES string of the molecule is CCNCC(C)C(=O)N1CCN(c2cnccn2)CC1. The molecule has 1 aliphatic heterocycles. The highest BCUT2D eigenvalue weighted by Crippen LogP contribution is 2.13. The first-order chi connectivity index (χ1) is 9.72. The molecule has 0 saturated carbocycles. The Morgan fingerprint density at radius 1 is 1.35 bits per heavy atom. The van der Waals surface area contributed by atoms with Gasteiger partial charge in [0.2, 0.25) is 5.91 Å². The third-order valence-corrected chi connectivity index (χ3v) is 3.59. The van der Waals surface area contributed by atoms with Crippen LogP contribution in [0.15, 0.2) is 18.6 Å². The number of carbonyl (C=O) groups is 1. The predicted octanol–water partition coefficient (Wildman–Crippen LogP) is 0.371. The summed E-state index contributed by atoms with van der Waals surface area (Å²) in [6.45, 7) is 8.84. The van der Waals surface area contributed by atoms with Gasteiger partial charge in [0.25, 0.3) is 0 Å². The molecule has 1 aromatic heterocycles. The first-order valence-electron chi connectivity index (χ1n) is 7.22. The summed E-state index contributed by atoms with van der Waals surface area (Å²) in [6, 6.07) is 0. The zero-order valence-corrected chi connectivity index (χ0v) is 12.2. The van der Waals surface area contributed by atoms with Crippen LogP contribution in [0.5, 0.6) is 0 Å². The van der Waals surface area contributed by atoms with Crippen LogP contribution in [0, 0.1) is 5.92 Å². The van der Waals surface area contributed by atoms with E-state index in [1.165, 1.54) is 0 Å². The fraction of sp³-hybridized carbons (Fsp3) is 0.643. The fourth-order valence-electron chi connectivity index (χ4n) is 2.37. The molecule has 1 aliphatic rings. The Hall–Kier alpha value is -1.69. The second-order valence-electron chi connectivity index (χ2n) is 5.08. The Kier molecular flexibility index (Phi) is 5.29. The lowest BCUT2D eigenvalue weighted by atomic mass is 10.1. The van der Waals surface area contributed by atoms with E-state index < -0.39 is 0 Å². The number of piperazine rings is 1. The molecule has 6 nitrogen and oxygen atoms in total. The van der Waals surface area contributed by atoms with Crippen LogP contribution in [0.1, 0.15) is 13.8 Å². The van der Waals surface area contributed by atoms with E-state index in [0.29, 0.717) is 0 Å². The maximum absolute atomic E-state index is 12.3. The molecule has 110 valence electrons. The van der Waals surface area contributed by atoms with Crippen molar-refractivity contribution in [1.82, 2.24) is 20.2 Å². The highest BCUT2D eigenvalue weighted by molar-refractivity contribution is 5.79. The molecule has 1 atom stereocenters. The summed E-state index contributed by atoms with van der Waals surface area (Å²) in [5.74, 6) is 1.17. The number of rotatable bonds is 5. The van der Waals surface area contributed by atoms with Gasteiger partial charge in [0, 0.05) is 51.0 Å². The molecule has 1 fully saturated rings. The molecule has 1 amide bonds. The van der Waals surface area contributed by atoms with E-state index in [2.05, 4.69) is 27.1 Å². The van der Waals surface area contributed by atoms with Crippen LogP contribution in [-0.2, 0) is 4.79 Å². The first-order valence-corrected chi connectivity index (χ1v) is 7.22. The van der Waals surface area contributed by atoms with Crippen LogP contribution in [0.3, 0.4) is 0 Å². The molecule has 0 radical (unpaired) electrons. The topological polar surface area (TPSA) is 61.4 Å². The van der Waals surface area contributed by atoms with Gasteiger partial charge < -0.3 is 15.1 Å². The van der Waals surface area contributed by atoms with Crippen LogP contribution < -0.4 is 10.2 Å². The van der Waals surface area contributed by atoms with Crippen molar-refractivity contribution in [3.8, 4) is 0 Å². The van der Waals surface area contributed by atoms with Gasteiger partial charge in [-0.15, -0.1) is 0 Å². The number of anilines is 1. The summed E-state index contributed by atoms with van der Waals surface area (Å²) in [6.07, 6.45) is 5.14. The molecule has 1 aromatic rings. The quantitative estimate of drug-likeness (QED) is 0.842. The molecule has 0 bridgehead atoms. The summed E-state index contributed by atoms with van der Waals surface area (Å²) in [5.41, 5.74) is 0. The van der Waals surface area contributed by atoms with Crippen LogP contribution in [0.2, 0.25) is 0 Å². The van der Waals surface area contributed by atoms with Crippen molar-refractivity contribution < 1.29 is 4.79 Å². The second-order valence-corrected chi connectivity index (χ2v) is 5.08. The van der Waals surface area contributed by atoms with E-state index in [1.807, 2.05) is 11.8 Å². The lowest BCUT2D eigenvalue weighted by Gasteiger charge is -2.36. The standard InChI is InChI=1S/C14H23N5O/c1-3-15-10-12(2)14(20)19-8-6-18(7-9-19)13-11-16-4-5-17-13/h4-5,11-12,15H,3,6-10H2,1-2H3. The normalized spacial score (nSPS) is 17.1. The summed E-state index contributed by atoms with van der Waals surface area (Å²) in [4.78, 5) is 24.8.